The van der Waals surface area contributed by atoms with Gasteiger partial charge in [-0.15, -0.1) is 11.8 Å². The molecular formula is C13H15N3OS. The zero-order valence-corrected chi connectivity index (χ0v) is 11.0. The number of nitriles is 1. The van der Waals surface area contributed by atoms with Gasteiger partial charge in [-0.2, -0.15) is 5.26 Å². The smallest absolute Gasteiger partial charge is 0.238 e. The fourth-order valence-electron chi connectivity index (χ4n) is 1.81. The molecule has 1 aromatic rings. The molecule has 1 heterocycles. The standard InChI is InChI=1S/C13H15N3OS/c1-9(11-4-2-10(6-14)3-5-11)16-13(17)12-7-18-8-15-12/h2-5,9,12,15H,7-8H2,1H3,(H,16,17). The zero-order valence-electron chi connectivity index (χ0n) is 10.1. The van der Waals surface area contributed by atoms with E-state index in [9.17, 15) is 4.79 Å². The first-order chi connectivity index (χ1) is 8.70. The molecule has 4 nitrogen and oxygen atoms in total. The van der Waals surface area contributed by atoms with Crippen LogP contribution in [-0.4, -0.2) is 23.6 Å². The number of benzene rings is 1. The van der Waals surface area contributed by atoms with E-state index in [4.69, 9.17) is 5.26 Å². The zero-order chi connectivity index (χ0) is 13.0. The summed E-state index contributed by atoms with van der Waals surface area (Å²) in [7, 11) is 0. The highest BCUT2D eigenvalue weighted by Crippen LogP contribution is 2.15. The van der Waals surface area contributed by atoms with E-state index in [1.165, 1.54) is 0 Å². The lowest BCUT2D eigenvalue weighted by molar-refractivity contribution is -0.123. The Balaban J connectivity index is 1.96. The van der Waals surface area contributed by atoms with Gasteiger partial charge in [0.05, 0.1) is 23.7 Å². The van der Waals surface area contributed by atoms with E-state index in [0.717, 1.165) is 17.2 Å². The van der Waals surface area contributed by atoms with E-state index in [-0.39, 0.29) is 18.0 Å². The van der Waals surface area contributed by atoms with Gasteiger partial charge in [0, 0.05) is 11.6 Å². The van der Waals surface area contributed by atoms with Crippen molar-refractivity contribution >= 4 is 17.7 Å². The van der Waals surface area contributed by atoms with Crippen LogP contribution in [0.1, 0.15) is 24.1 Å². The first-order valence-electron chi connectivity index (χ1n) is 5.82. The van der Waals surface area contributed by atoms with Gasteiger partial charge in [0.1, 0.15) is 0 Å². The van der Waals surface area contributed by atoms with Crippen LogP contribution in [0.25, 0.3) is 0 Å². The molecule has 0 spiro atoms. The molecular weight excluding hydrogens is 246 g/mol. The molecule has 1 fully saturated rings. The number of amides is 1. The van der Waals surface area contributed by atoms with E-state index < -0.39 is 0 Å². The summed E-state index contributed by atoms with van der Waals surface area (Å²) in [4.78, 5) is 11.9. The Morgan fingerprint density at radius 2 is 2.28 bits per heavy atom. The predicted molar refractivity (Wildman–Crippen MR) is 72.0 cm³/mol. The number of nitrogens with one attached hydrogen (secondary N) is 2. The summed E-state index contributed by atoms with van der Waals surface area (Å²) >= 11 is 1.73. The molecule has 18 heavy (non-hydrogen) atoms. The normalized spacial score (nSPS) is 20.1. The van der Waals surface area contributed by atoms with Crippen molar-refractivity contribution in [3.8, 4) is 6.07 Å². The van der Waals surface area contributed by atoms with Crippen molar-refractivity contribution < 1.29 is 4.79 Å². The van der Waals surface area contributed by atoms with Crippen LogP contribution in [0.3, 0.4) is 0 Å². The van der Waals surface area contributed by atoms with Gasteiger partial charge in [0.25, 0.3) is 0 Å². The Morgan fingerprint density at radius 1 is 1.56 bits per heavy atom. The Hall–Kier alpha value is -1.51. The predicted octanol–water partition coefficient (Wildman–Crippen LogP) is 1.40. The van der Waals surface area contributed by atoms with Crippen LogP contribution in [0.5, 0.6) is 0 Å². The van der Waals surface area contributed by atoms with Crippen molar-refractivity contribution in [1.82, 2.24) is 10.6 Å². The van der Waals surface area contributed by atoms with Crippen molar-refractivity contribution in [3.63, 3.8) is 0 Å². The summed E-state index contributed by atoms with van der Waals surface area (Å²) < 4.78 is 0. The molecule has 1 aliphatic rings. The van der Waals surface area contributed by atoms with Gasteiger partial charge in [-0.25, -0.2) is 0 Å². The molecule has 2 unspecified atom stereocenters. The first-order valence-corrected chi connectivity index (χ1v) is 6.98. The number of nitrogens with zero attached hydrogens (tertiary/aromatic N) is 1. The first kappa shape index (κ1) is 12.9. The number of rotatable bonds is 3. The van der Waals surface area contributed by atoms with Crippen LogP contribution in [0.4, 0.5) is 0 Å². The van der Waals surface area contributed by atoms with Crippen LogP contribution in [0.15, 0.2) is 24.3 Å². The third-order valence-electron chi connectivity index (χ3n) is 2.93. The molecule has 5 heteroatoms. The number of carbonyl (C=O) groups excluding carboxylic acids is 1. The summed E-state index contributed by atoms with van der Waals surface area (Å²) in [5, 5.41) is 14.8. The van der Waals surface area contributed by atoms with Crippen molar-refractivity contribution in [2.24, 2.45) is 0 Å². The van der Waals surface area contributed by atoms with E-state index in [2.05, 4.69) is 16.7 Å². The van der Waals surface area contributed by atoms with Gasteiger partial charge < -0.3 is 5.32 Å². The third-order valence-corrected chi connectivity index (χ3v) is 3.87. The molecule has 2 N–H and O–H groups in total. The molecule has 0 saturated carbocycles. The molecule has 0 radical (unpaired) electrons. The number of carbonyl (C=O) groups is 1. The quantitative estimate of drug-likeness (QED) is 0.863. The lowest BCUT2D eigenvalue weighted by Crippen LogP contribution is -2.42. The average molecular weight is 261 g/mol. The number of hydrogen-bond acceptors (Lipinski definition) is 4. The second kappa shape index (κ2) is 5.89. The Morgan fingerprint density at radius 3 is 2.83 bits per heavy atom. The largest absolute Gasteiger partial charge is 0.348 e. The monoisotopic (exact) mass is 261 g/mol. The molecule has 94 valence electrons. The summed E-state index contributed by atoms with van der Waals surface area (Å²) in [6, 6.07) is 9.23. The minimum absolute atomic E-state index is 0.0388. The van der Waals surface area contributed by atoms with Crippen molar-refractivity contribution in [1.29, 1.82) is 5.26 Å². The van der Waals surface area contributed by atoms with Crippen LogP contribution >= 0.6 is 11.8 Å². The SMILES string of the molecule is CC(NC(=O)C1CSCN1)c1ccc(C#N)cc1. The summed E-state index contributed by atoms with van der Waals surface area (Å²) in [6.07, 6.45) is 0. The van der Waals surface area contributed by atoms with Crippen molar-refractivity contribution in [2.75, 3.05) is 11.6 Å². The molecule has 0 bridgehead atoms. The van der Waals surface area contributed by atoms with Crippen LogP contribution in [0.2, 0.25) is 0 Å². The molecule has 2 atom stereocenters. The molecule has 0 aliphatic carbocycles. The highest BCUT2D eigenvalue weighted by Gasteiger charge is 2.23. The lowest BCUT2D eigenvalue weighted by atomic mass is 10.1. The minimum Gasteiger partial charge on any atom is -0.348 e. The maximum Gasteiger partial charge on any atom is 0.238 e. The van der Waals surface area contributed by atoms with E-state index in [0.29, 0.717) is 5.56 Å². The van der Waals surface area contributed by atoms with Gasteiger partial charge in [-0.3, -0.25) is 10.1 Å². The maximum atomic E-state index is 11.9. The van der Waals surface area contributed by atoms with E-state index >= 15 is 0 Å². The van der Waals surface area contributed by atoms with E-state index in [1.807, 2.05) is 19.1 Å². The average Bonchev–Trinajstić information content (AvgIpc) is 2.92. The highest BCUT2D eigenvalue weighted by molar-refractivity contribution is 7.99. The molecule has 1 amide bonds. The van der Waals surface area contributed by atoms with Crippen LogP contribution in [-0.2, 0) is 4.79 Å². The second-order valence-corrected chi connectivity index (χ2v) is 5.27. The summed E-state index contributed by atoms with van der Waals surface area (Å²) in [6.45, 7) is 1.95. The fourth-order valence-corrected chi connectivity index (χ4v) is 2.75. The molecule has 1 saturated heterocycles. The van der Waals surface area contributed by atoms with E-state index in [1.54, 1.807) is 23.9 Å². The Labute approximate surface area is 111 Å². The Kier molecular flexibility index (Phi) is 4.24. The maximum absolute atomic E-state index is 11.9. The van der Waals surface area contributed by atoms with Gasteiger partial charge in [0.2, 0.25) is 5.91 Å². The number of hydrogen-bond donors (Lipinski definition) is 2. The van der Waals surface area contributed by atoms with Gasteiger partial charge in [-0.1, -0.05) is 12.1 Å². The summed E-state index contributed by atoms with van der Waals surface area (Å²) in [5.74, 6) is 1.70. The van der Waals surface area contributed by atoms with Crippen molar-refractivity contribution in [3.05, 3.63) is 35.4 Å². The van der Waals surface area contributed by atoms with Gasteiger partial charge >= 0.3 is 0 Å². The van der Waals surface area contributed by atoms with Crippen molar-refractivity contribution in [2.45, 2.75) is 19.0 Å². The third kappa shape index (κ3) is 3.03. The van der Waals surface area contributed by atoms with Crippen LogP contribution in [0, 0.1) is 11.3 Å². The second-order valence-electron chi connectivity index (χ2n) is 4.24. The lowest BCUT2D eigenvalue weighted by Gasteiger charge is -2.17. The topological polar surface area (TPSA) is 64.9 Å². The molecule has 1 aliphatic heterocycles. The fraction of sp³-hybridized carbons (Fsp3) is 0.385. The molecule has 2 rings (SSSR count). The Bertz CT molecular complexity index is 460. The van der Waals surface area contributed by atoms with Gasteiger partial charge in [0.15, 0.2) is 0 Å². The summed E-state index contributed by atoms with van der Waals surface area (Å²) in [5.41, 5.74) is 1.64. The molecule has 0 aromatic heterocycles. The number of thioether (sulfide) groups is 1. The highest BCUT2D eigenvalue weighted by atomic mass is 32.2. The molecule has 1 aromatic carbocycles. The van der Waals surface area contributed by atoms with Gasteiger partial charge in [-0.05, 0) is 24.6 Å². The van der Waals surface area contributed by atoms with Crippen LogP contribution < -0.4 is 10.6 Å². The minimum atomic E-state index is -0.0872.